The number of hydrogen-bond acceptors (Lipinski definition) is 5. The van der Waals surface area contributed by atoms with E-state index in [1.165, 1.54) is 0 Å². The van der Waals surface area contributed by atoms with E-state index in [0.717, 1.165) is 23.2 Å². The van der Waals surface area contributed by atoms with E-state index in [1.54, 1.807) is 26.9 Å². The molecule has 0 aliphatic carbocycles. The molecule has 3 saturated heterocycles. The van der Waals surface area contributed by atoms with Crippen molar-refractivity contribution in [1.82, 2.24) is 9.80 Å². The van der Waals surface area contributed by atoms with Gasteiger partial charge in [0.25, 0.3) is 5.91 Å². The molecule has 42 heavy (non-hydrogen) atoms. The lowest BCUT2D eigenvalue weighted by Gasteiger charge is -2.41. The maximum atomic E-state index is 15.0. The van der Waals surface area contributed by atoms with Gasteiger partial charge in [0.2, 0.25) is 11.8 Å². The molecule has 0 saturated carbocycles. The van der Waals surface area contributed by atoms with Crippen LogP contribution in [0.1, 0.15) is 51.2 Å². The minimum absolute atomic E-state index is 0.0824. The van der Waals surface area contributed by atoms with Gasteiger partial charge in [-0.05, 0) is 43.7 Å². The predicted octanol–water partition coefficient (Wildman–Crippen LogP) is 4.40. The average molecular weight is 645 g/mol. The molecule has 3 aliphatic heterocycles. The molecule has 0 aromatic heterocycles. The summed E-state index contributed by atoms with van der Waals surface area (Å²) in [7, 11) is 0. The highest BCUT2D eigenvalue weighted by Gasteiger charge is 2.77. The van der Waals surface area contributed by atoms with Crippen molar-refractivity contribution < 1.29 is 24.2 Å². The molecule has 1 aromatic rings. The van der Waals surface area contributed by atoms with Gasteiger partial charge < -0.3 is 24.5 Å². The third-order valence-corrected chi connectivity index (χ3v) is 10.4. The van der Waals surface area contributed by atoms with E-state index < -0.39 is 35.6 Å². The second-order valence-electron chi connectivity index (χ2n) is 12.1. The molecule has 8 atom stereocenters. The van der Waals surface area contributed by atoms with Crippen molar-refractivity contribution >= 4 is 39.3 Å². The number of benzene rings is 1. The molecule has 4 rings (SSSR count). The number of halogens is 1. The quantitative estimate of drug-likeness (QED) is 0.254. The fraction of sp³-hybridized carbons (Fsp3) is 0.606. The predicted molar refractivity (Wildman–Crippen MR) is 168 cm³/mol. The van der Waals surface area contributed by atoms with E-state index in [0.29, 0.717) is 25.9 Å². The van der Waals surface area contributed by atoms with Crippen LogP contribution < -0.4 is 4.90 Å². The number of nitrogens with zero attached hydrogens (tertiary/aromatic N) is 3. The van der Waals surface area contributed by atoms with Crippen molar-refractivity contribution in [1.29, 1.82) is 0 Å². The van der Waals surface area contributed by atoms with Gasteiger partial charge in [-0.3, -0.25) is 14.4 Å². The minimum atomic E-state index is -1.21. The molecule has 0 radical (unpaired) electrons. The van der Waals surface area contributed by atoms with Crippen LogP contribution in [0.3, 0.4) is 0 Å². The highest BCUT2D eigenvalue weighted by atomic mass is 79.9. The summed E-state index contributed by atoms with van der Waals surface area (Å²) in [5, 5.41) is 10.7. The van der Waals surface area contributed by atoms with Gasteiger partial charge in [0.1, 0.15) is 11.6 Å². The van der Waals surface area contributed by atoms with Crippen LogP contribution in [-0.4, -0.2) is 87.5 Å². The molecular formula is C33H46BrN3O5. The van der Waals surface area contributed by atoms with Crippen molar-refractivity contribution in [3.8, 4) is 0 Å². The molecule has 1 N–H and O–H groups in total. The lowest BCUT2D eigenvalue weighted by atomic mass is 9.70. The number of carbonyl (C=O) groups is 3. The SMILES string of the molecule is C=CCN(CCC)C(=O)[C@H]1[C@@H]2OC3(CC2Br)C(C(=O)N(CC=C)c2c(C)cccc2C)N([C@@H](CO)[C@@H](C)CC)C(=O)[C@H]13. The number of ether oxygens (including phenoxy) is 1. The Bertz CT molecular complexity index is 1200. The van der Waals surface area contributed by atoms with Crippen LogP contribution in [0.15, 0.2) is 43.5 Å². The first kappa shape index (κ1) is 32.4. The Morgan fingerprint density at radius 3 is 2.38 bits per heavy atom. The van der Waals surface area contributed by atoms with Crippen molar-refractivity contribution in [3.05, 3.63) is 54.6 Å². The number of para-hydroxylation sites is 1. The molecule has 230 valence electrons. The van der Waals surface area contributed by atoms with Crippen LogP contribution in [0.25, 0.3) is 0 Å². The zero-order valence-electron chi connectivity index (χ0n) is 25.6. The van der Waals surface area contributed by atoms with Crippen molar-refractivity contribution in [2.24, 2.45) is 17.8 Å². The van der Waals surface area contributed by atoms with Crippen molar-refractivity contribution in [2.45, 2.75) is 82.5 Å². The number of aryl methyl sites for hydroxylation is 2. The molecule has 1 spiro atoms. The molecule has 3 amide bonds. The molecule has 2 bridgehead atoms. The molecule has 3 aliphatic rings. The number of alkyl halides is 1. The number of aliphatic hydroxyl groups excluding tert-OH is 1. The Morgan fingerprint density at radius 2 is 1.83 bits per heavy atom. The summed E-state index contributed by atoms with van der Waals surface area (Å²) in [5.41, 5.74) is 1.42. The maximum Gasteiger partial charge on any atom is 0.253 e. The fourth-order valence-corrected chi connectivity index (χ4v) is 8.47. The average Bonchev–Trinajstić information content (AvgIpc) is 3.55. The second kappa shape index (κ2) is 13.0. The normalized spacial score (nSPS) is 29.3. The zero-order valence-corrected chi connectivity index (χ0v) is 27.2. The summed E-state index contributed by atoms with van der Waals surface area (Å²) in [4.78, 5) is 48.6. The van der Waals surface area contributed by atoms with E-state index in [4.69, 9.17) is 4.74 Å². The first-order valence-electron chi connectivity index (χ1n) is 15.2. The van der Waals surface area contributed by atoms with E-state index in [1.807, 2.05) is 52.8 Å². The number of anilines is 1. The van der Waals surface area contributed by atoms with Gasteiger partial charge >= 0.3 is 0 Å². The van der Waals surface area contributed by atoms with E-state index in [-0.39, 0.29) is 41.6 Å². The summed E-state index contributed by atoms with van der Waals surface area (Å²) in [5.74, 6) is -2.38. The van der Waals surface area contributed by atoms with Gasteiger partial charge in [-0.1, -0.05) is 73.5 Å². The number of rotatable bonds is 13. The number of amides is 3. The van der Waals surface area contributed by atoms with Gasteiger partial charge in [0.05, 0.1) is 30.6 Å². The van der Waals surface area contributed by atoms with Gasteiger partial charge in [0.15, 0.2) is 0 Å². The number of aliphatic hydroxyl groups is 1. The zero-order chi connectivity index (χ0) is 30.9. The summed E-state index contributed by atoms with van der Waals surface area (Å²) < 4.78 is 6.77. The third-order valence-electron chi connectivity index (χ3n) is 9.53. The Kier molecular flexibility index (Phi) is 10.1. The first-order chi connectivity index (χ1) is 20.0. The number of fused-ring (bicyclic) bond motifs is 1. The Hall–Kier alpha value is -2.49. The molecule has 8 nitrogen and oxygen atoms in total. The van der Waals surface area contributed by atoms with E-state index >= 15 is 0 Å². The smallest absolute Gasteiger partial charge is 0.253 e. The Labute approximate surface area is 258 Å². The van der Waals surface area contributed by atoms with E-state index in [2.05, 4.69) is 29.1 Å². The molecule has 3 fully saturated rings. The molecule has 1 aromatic carbocycles. The Balaban J connectivity index is 1.90. The lowest BCUT2D eigenvalue weighted by molar-refractivity contribution is -0.148. The van der Waals surface area contributed by atoms with Crippen molar-refractivity contribution in [2.75, 3.05) is 31.1 Å². The fourth-order valence-electron chi connectivity index (χ4n) is 7.53. The topological polar surface area (TPSA) is 90.4 Å². The molecule has 9 heteroatoms. The number of carbonyl (C=O) groups excluding carboxylic acids is 3. The van der Waals surface area contributed by atoms with Crippen LogP contribution in [0, 0.1) is 31.6 Å². The van der Waals surface area contributed by atoms with Crippen LogP contribution in [0.5, 0.6) is 0 Å². The Morgan fingerprint density at radius 1 is 1.19 bits per heavy atom. The van der Waals surface area contributed by atoms with Crippen LogP contribution in [0.4, 0.5) is 5.69 Å². The highest BCUT2D eigenvalue weighted by Crippen LogP contribution is 2.61. The minimum Gasteiger partial charge on any atom is -0.394 e. The number of likely N-dealkylation sites (tertiary alicyclic amines) is 1. The van der Waals surface area contributed by atoms with Crippen LogP contribution >= 0.6 is 15.9 Å². The van der Waals surface area contributed by atoms with Gasteiger partial charge in [-0.15, -0.1) is 13.2 Å². The van der Waals surface area contributed by atoms with E-state index in [9.17, 15) is 19.5 Å². The van der Waals surface area contributed by atoms with Gasteiger partial charge in [0, 0.05) is 30.1 Å². The van der Waals surface area contributed by atoms with Crippen LogP contribution in [-0.2, 0) is 19.1 Å². The highest BCUT2D eigenvalue weighted by molar-refractivity contribution is 9.09. The first-order valence-corrected chi connectivity index (χ1v) is 16.1. The third kappa shape index (κ3) is 5.15. The maximum absolute atomic E-state index is 15.0. The largest absolute Gasteiger partial charge is 0.394 e. The molecular weight excluding hydrogens is 598 g/mol. The lowest BCUT2D eigenvalue weighted by Crippen LogP contribution is -2.60. The molecule has 3 unspecified atom stereocenters. The van der Waals surface area contributed by atoms with Gasteiger partial charge in [-0.2, -0.15) is 0 Å². The van der Waals surface area contributed by atoms with Crippen LogP contribution in [0.2, 0.25) is 0 Å². The summed E-state index contributed by atoms with van der Waals surface area (Å²) in [6, 6.07) is 4.26. The van der Waals surface area contributed by atoms with Gasteiger partial charge in [-0.25, -0.2) is 0 Å². The standard InChI is InChI=1S/C33H46BrN3O5/c1-8-15-35(16-9-2)30(39)25-26-31(40)37(24(19-38)20(5)11-4)29(33(26)18-23(34)28(25)42-33)32(41)36(17-10-3)27-21(6)13-12-14-22(27)7/h8,10,12-14,20,23-26,28-29,38H,1,3,9,11,15-19H2,2,4-7H3/t20-,23?,24-,25+,26-,28+,29?,33?/m0/s1. The summed E-state index contributed by atoms with van der Waals surface area (Å²) >= 11 is 3.78. The molecule has 3 heterocycles. The monoisotopic (exact) mass is 643 g/mol. The summed E-state index contributed by atoms with van der Waals surface area (Å²) in [6.07, 6.45) is 4.71. The van der Waals surface area contributed by atoms with Crippen molar-refractivity contribution in [3.63, 3.8) is 0 Å². The number of hydrogen-bond donors (Lipinski definition) is 1. The second-order valence-corrected chi connectivity index (χ2v) is 13.3. The summed E-state index contributed by atoms with van der Waals surface area (Å²) in [6.45, 7) is 18.5.